The maximum Gasteiger partial charge on any atom is 0.272 e. The Hall–Kier alpha value is -3.15. The van der Waals surface area contributed by atoms with Crippen molar-refractivity contribution >= 4 is 22.7 Å². The number of hydrogen-bond donors (Lipinski definition) is 2. The Balaban J connectivity index is 1.69. The van der Waals surface area contributed by atoms with Crippen molar-refractivity contribution in [2.24, 2.45) is 0 Å². The average Bonchev–Trinajstić information content (AvgIpc) is 3.02. The van der Waals surface area contributed by atoms with E-state index in [1.54, 1.807) is 26.2 Å². The number of hydrogen-bond acceptors (Lipinski definition) is 3. The summed E-state index contributed by atoms with van der Waals surface area (Å²) in [4.78, 5) is 25.8. The van der Waals surface area contributed by atoms with Crippen LogP contribution in [0.2, 0.25) is 0 Å². The second-order valence-corrected chi connectivity index (χ2v) is 6.20. The largest absolute Gasteiger partial charge is 0.347 e. The summed E-state index contributed by atoms with van der Waals surface area (Å²) in [7, 11) is 3.43. The Bertz CT molecular complexity index is 926. The van der Waals surface area contributed by atoms with Crippen molar-refractivity contribution in [3.63, 3.8) is 0 Å². The molecule has 25 heavy (non-hydrogen) atoms. The molecular weight excluding hydrogens is 316 g/mol. The first-order valence-electron chi connectivity index (χ1n) is 7.99. The van der Waals surface area contributed by atoms with E-state index in [0.29, 0.717) is 17.8 Å². The molecule has 2 amide bonds. The number of nitrogens with zero attached hydrogens (tertiary/aromatic N) is 2. The van der Waals surface area contributed by atoms with Crippen LogP contribution in [0.3, 0.4) is 0 Å². The van der Waals surface area contributed by atoms with Crippen LogP contribution in [-0.4, -0.2) is 41.0 Å². The Kier molecular flexibility index (Phi) is 4.52. The zero-order valence-corrected chi connectivity index (χ0v) is 14.5. The first-order chi connectivity index (χ1) is 12.0. The number of fused-ring (bicyclic) bond motifs is 1. The summed E-state index contributed by atoms with van der Waals surface area (Å²) >= 11 is 0. The topological polar surface area (TPSA) is 78.1 Å². The molecule has 6 heteroatoms. The zero-order valence-electron chi connectivity index (χ0n) is 14.5. The van der Waals surface area contributed by atoms with Crippen LogP contribution in [-0.2, 0) is 6.54 Å². The molecule has 0 aliphatic heterocycles. The molecule has 0 aliphatic carbocycles. The summed E-state index contributed by atoms with van der Waals surface area (Å²) in [6, 6.07) is 13.0. The van der Waals surface area contributed by atoms with Crippen LogP contribution in [0.15, 0.2) is 42.5 Å². The molecule has 0 saturated heterocycles. The standard InChI is InChI=1S/C19H20N4O2/c1-12-4-9-16-15(10-12)17(22-21-16)18(24)20-11-13-5-7-14(8-6-13)19(25)23(2)3/h4-10H,11H2,1-3H3,(H,20,24)(H,21,22). The summed E-state index contributed by atoms with van der Waals surface area (Å²) < 4.78 is 0. The van der Waals surface area contributed by atoms with E-state index in [-0.39, 0.29) is 11.8 Å². The fourth-order valence-corrected chi connectivity index (χ4v) is 2.59. The van der Waals surface area contributed by atoms with E-state index >= 15 is 0 Å². The van der Waals surface area contributed by atoms with Crippen LogP contribution in [0.1, 0.15) is 32.0 Å². The van der Waals surface area contributed by atoms with E-state index in [4.69, 9.17) is 0 Å². The molecule has 3 rings (SSSR count). The van der Waals surface area contributed by atoms with E-state index in [1.807, 2.05) is 37.3 Å². The van der Waals surface area contributed by atoms with Crippen molar-refractivity contribution in [2.75, 3.05) is 14.1 Å². The van der Waals surface area contributed by atoms with E-state index in [0.717, 1.165) is 22.0 Å². The number of aromatic amines is 1. The van der Waals surface area contributed by atoms with E-state index < -0.39 is 0 Å². The maximum absolute atomic E-state index is 12.4. The molecule has 0 aliphatic rings. The number of aromatic nitrogens is 2. The number of benzene rings is 2. The Morgan fingerprint density at radius 3 is 2.52 bits per heavy atom. The normalized spacial score (nSPS) is 10.7. The van der Waals surface area contributed by atoms with Gasteiger partial charge in [-0.3, -0.25) is 14.7 Å². The van der Waals surface area contributed by atoms with E-state index in [1.165, 1.54) is 4.90 Å². The molecule has 0 bridgehead atoms. The zero-order chi connectivity index (χ0) is 18.0. The average molecular weight is 336 g/mol. The van der Waals surface area contributed by atoms with Crippen LogP contribution in [0.5, 0.6) is 0 Å². The summed E-state index contributed by atoms with van der Waals surface area (Å²) in [5.74, 6) is -0.278. The second-order valence-electron chi connectivity index (χ2n) is 6.20. The van der Waals surface area contributed by atoms with Crippen molar-refractivity contribution in [3.05, 3.63) is 64.8 Å². The molecular formula is C19H20N4O2. The van der Waals surface area contributed by atoms with Gasteiger partial charge in [0.15, 0.2) is 5.69 Å². The Morgan fingerprint density at radius 1 is 1.12 bits per heavy atom. The molecule has 0 spiro atoms. The molecule has 1 aromatic heterocycles. The van der Waals surface area contributed by atoms with Crippen LogP contribution in [0, 0.1) is 6.92 Å². The lowest BCUT2D eigenvalue weighted by Gasteiger charge is -2.10. The summed E-state index contributed by atoms with van der Waals surface area (Å²) in [5.41, 5.74) is 3.83. The number of amides is 2. The SMILES string of the molecule is Cc1ccc2[nH]nc(C(=O)NCc3ccc(C(=O)N(C)C)cc3)c2c1. The third kappa shape index (κ3) is 3.52. The highest BCUT2D eigenvalue weighted by Crippen LogP contribution is 2.17. The fraction of sp³-hybridized carbons (Fsp3) is 0.211. The van der Waals surface area contributed by atoms with Crippen molar-refractivity contribution in [1.82, 2.24) is 20.4 Å². The first kappa shape index (κ1) is 16.7. The van der Waals surface area contributed by atoms with Gasteiger partial charge in [-0.2, -0.15) is 5.10 Å². The van der Waals surface area contributed by atoms with Gasteiger partial charge in [0, 0.05) is 31.6 Å². The quantitative estimate of drug-likeness (QED) is 0.768. The number of nitrogens with one attached hydrogen (secondary N) is 2. The van der Waals surface area contributed by atoms with Gasteiger partial charge in [-0.1, -0.05) is 23.8 Å². The maximum atomic E-state index is 12.4. The predicted molar refractivity (Wildman–Crippen MR) is 96.5 cm³/mol. The molecule has 6 nitrogen and oxygen atoms in total. The molecule has 0 saturated carbocycles. The highest BCUT2D eigenvalue weighted by atomic mass is 16.2. The first-order valence-corrected chi connectivity index (χ1v) is 7.99. The fourth-order valence-electron chi connectivity index (χ4n) is 2.59. The van der Waals surface area contributed by atoms with Gasteiger partial charge in [-0.05, 0) is 36.8 Å². The lowest BCUT2D eigenvalue weighted by atomic mass is 10.1. The molecule has 2 aromatic carbocycles. The molecule has 1 heterocycles. The van der Waals surface area contributed by atoms with Gasteiger partial charge in [0.1, 0.15) is 0 Å². The molecule has 0 unspecified atom stereocenters. The molecule has 3 aromatic rings. The van der Waals surface area contributed by atoms with Crippen molar-refractivity contribution < 1.29 is 9.59 Å². The van der Waals surface area contributed by atoms with Crippen LogP contribution < -0.4 is 5.32 Å². The smallest absolute Gasteiger partial charge is 0.272 e. The minimum atomic E-state index is -0.231. The van der Waals surface area contributed by atoms with Crippen molar-refractivity contribution in [2.45, 2.75) is 13.5 Å². The molecule has 2 N–H and O–H groups in total. The molecule has 0 radical (unpaired) electrons. The van der Waals surface area contributed by atoms with Crippen molar-refractivity contribution in [1.29, 1.82) is 0 Å². The highest BCUT2D eigenvalue weighted by molar-refractivity contribution is 6.04. The lowest BCUT2D eigenvalue weighted by molar-refractivity contribution is 0.0827. The van der Waals surface area contributed by atoms with Gasteiger partial charge in [0.25, 0.3) is 11.8 Å². The van der Waals surface area contributed by atoms with E-state index in [9.17, 15) is 9.59 Å². The van der Waals surface area contributed by atoms with Gasteiger partial charge < -0.3 is 10.2 Å². The highest BCUT2D eigenvalue weighted by Gasteiger charge is 2.14. The van der Waals surface area contributed by atoms with Gasteiger partial charge in [0.05, 0.1) is 5.52 Å². The van der Waals surface area contributed by atoms with Crippen LogP contribution >= 0.6 is 0 Å². The van der Waals surface area contributed by atoms with Gasteiger partial charge >= 0.3 is 0 Å². The number of H-pyrrole nitrogens is 1. The van der Waals surface area contributed by atoms with Crippen molar-refractivity contribution in [3.8, 4) is 0 Å². The van der Waals surface area contributed by atoms with E-state index in [2.05, 4.69) is 15.5 Å². The number of carbonyl (C=O) groups excluding carboxylic acids is 2. The van der Waals surface area contributed by atoms with Gasteiger partial charge in [-0.25, -0.2) is 0 Å². The third-order valence-corrected chi connectivity index (χ3v) is 3.99. The Labute approximate surface area is 145 Å². The third-order valence-electron chi connectivity index (χ3n) is 3.99. The monoisotopic (exact) mass is 336 g/mol. The summed E-state index contributed by atoms with van der Waals surface area (Å²) in [6.45, 7) is 2.35. The van der Waals surface area contributed by atoms with Crippen LogP contribution in [0.25, 0.3) is 10.9 Å². The molecule has 0 atom stereocenters. The Morgan fingerprint density at radius 2 is 1.84 bits per heavy atom. The number of rotatable bonds is 4. The number of aryl methyl sites for hydroxylation is 1. The molecule has 128 valence electrons. The van der Waals surface area contributed by atoms with Crippen LogP contribution in [0.4, 0.5) is 0 Å². The molecule has 0 fully saturated rings. The minimum absolute atomic E-state index is 0.0473. The van der Waals surface area contributed by atoms with Gasteiger partial charge in [-0.15, -0.1) is 0 Å². The second kappa shape index (κ2) is 6.76. The van der Waals surface area contributed by atoms with Gasteiger partial charge in [0.2, 0.25) is 0 Å². The minimum Gasteiger partial charge on any atom is -0.347 e. The summed E-state index contributed by atoms with van der Waals surface area (Å²) in [6.07, 6.45) is 0. The summed E-state index contributed by atoms with van der Waals surface area (Å²) in [5, 5.41) is 10.7. The predicted octanol–water partition coefficient (Wildman–Crippen LogP) is 2.50. The lowest BCUT2D eigenvalue weighted by Crippen LogP contribution is -2.24. The number of carbonyl (C=O) groups is 2.